The van der Waals surface area contributed by atoms with Crippen LogP contribution in [0.1, 0.15) is 25.3 Å². The number of amidine groups is 1. The number of benzene rings is 2. The summed E-state index contributed by atoms with van der Waals surface area (Å²) in [4.78, 5) is 18.8. The Bertz CT molecular complexity index is 1120. The number of unbranched alkanes of at least 4 members (excludes halogenated alkanes) is 1. The molecule has 2 fully saturated rings. The molecule has 2 aliphatic rings. The van der Waals surface area contributed by atoms with E-state index in [1.165, 1.54) is 23.9 Å². The molecule has 1 amide bonds. The predicted octanol–water partition coefficient (Wildman–Crippen LogP) is 3.85. The zero-order valence-corrected chi connectivity index (χ0v) is 19.4. The Labute approximate surface area is 191 Å². The molecule has 0 spiro atoms. The van der Waals surface area contributed by atoms with Crippen molar-refractivity contribution in [1.82, 2.24) is 0 Å². The number of ether oxygens (including phenoxy) is 1. The second-order valence-corrected chi connectivity index (χ2v) is 11.3. The lowest BCUT2D eigenvalue weighted by Crippen LogP contribution is -2.37. The van der Waals surface area contributed by atoms with Crippen molar-refractivity contribution >= 4 is 38.4 Å². The first-order chi connectivity index (χ1) is 15.3. The highest BCUT2D eigenvalue weighted by Gasteiger charge is 2.49. The molecule has 32 heavy (non-hydrogen) atoms. The molecule has 0 radical (unpaired) electrons. The van der Waals surface area contributed by atoms with Crippen LogP contribution in [0.3, 0.4) is 0 Å². The number of sulfone groups is 1. The van der Waals surface area contributed by atoms with Crippen LogP contribution in [0.4, 0.5) is 10.1 Å². The minimum Gasteiger partial charge on any atom is -0.494 e. The fraction of sp³-hybridized carbons (Fsp3) is 0.391. The summed E-state index contributed by atoms with van der Waals surface area (Å²) in [7, 11) is -3.15. The Balaban J connectivity index is 1.60. The minimum absolute atomic E-state index is 0.0246. The number of aliphatic imine (C=N–C) groups is 1. The van der Waals surface area contributed by atoms with E-state index in [1.54, 1.807) is 12.1 Å². The van der Waals surface area contributed by atoms with E-state index in [2.05, 4.69) is 11.9 Å². The molecule has 2 saturated heterocycles. The molecule has 0 saturated carbocycles. The lowest BCUT2D eigenvalue weighted by molar-refractivity contribution is -0.117. The van der Waals surface area contributed by atoms with Gasteiger partial charge in [-0.05, 0) is 36.2 Å². The third-order valence-corrected chi connectivity index (χ3v) is 8.63. The molecule has 0 aromatic heterocycles. The molecule has 170 valence electrons. The predicted molar refractivity (Wildman–Crippen MR) is 126 cm³/mol. The van der Waals surface area contributed by atoms with Gasteiger partial charge in [-0.2, -0.15) is 4.99 Å². The second-order valence-electron chi connectivity index (χ2n) is 7.96. The third kappa shape index (κ3) is 5.32. The molecule has 2 atom stereocenters. The number of carbonyl (C=O) groups is 1. The van der Waals surface area contributed by atoms with E-state index in [4.69, 9.17) is 4.74 Å². The Morgan fingerprint density at radius 1 is 1.22 bits per heavy atom. The fourth-order valence-corrected chi connectivity index (χ4v) is 7.78. The van der Waals surface area contributed by atoms with Crippen molar-refractivity contribution in [3.63, 3.8) is 0 Å². The van der Waals surface area contributed by atoms with E-state index in [0.717, 1.165) is 18.5 Å². The van der Waals surface area contributed by atoms with Gasteiger partial charge in [0, 0.05) is 17.0 Å². The number of hydrogen-bond acceptors (Lipinski definition) is 5. The summed E-state index contributed by atoms with van der Waals surface area (Å²) in [5.74, 6) is 0.0672. The van der Waals surface area contributed by atoms with E-state index in [-0.39, 0.29) is 40.9 Å². The van der Waals surface area contributed by atoms with Crippen molar-refractivity contribution in [2.24, 2.45) is 4.99 Å². The van der Waals surface area contributed by atoms with Crippen LogP contribution in [0.25, 0.3) is 0 Å². The number of hydrogen-bond donors (Lipinski definition) is 0. The second kappa shape index (κ2) is 9.62. The third-order valence-electron chi connectivity index (χ3n) is 5.42. The lowest BCUT2D eigenvalue weighted by atomic mass is 10.1. The average molecular weight is 477 g/mol. The molecule has 0 bridgehead atoms. The zero-order chi connectivity index (χ0) is 22.7. The van der Waals surface area contributed by atoms with Crippen molar-refractivity contribution in [3.05, 3.63) is 59.9 Å². The number of nitrogens with zero attached hydrogens (tertiary/aromatic N) is 2. The Morgan fingerprint density at radius 3 is 2.75 bits per heavy atom. The van der Waals surface area contributed by atoms with Gasteiger partial charge in [0.2, 0.25) is 0 Å². The van der Waals surface area contributed by atoms with Gasteiger partial charge in [0.15, 0.2) is 15.0 Å². The van der Waals surface area contributed by atoms with Gasteiger partial charge in [0.1, 0.15) is 11.6 Å². The molecule has 2 aromatic carbocycles. The molecule has 2 aromatic rings. The number of anilines is 1. The summed E-state index contributed by atoms with van der Waals surface area (Å²) in [6, 6.07) is 12.9. The Hall–Kier alpha value is -2.39. The average Bonchev–Trinajstić information content (AvgIpc) is 3.20. The molecule has 2 heterocycles. The first kappa shape index (κ1) is 22.8. The van der Waals surface area contributed by atoms with Gasteiger partial charge in [-0.15, -0.1) is 0 Å². The highest BCUT2D eigenvalue weighted by Crippen LogP contribution is 2.41. The van der Waals surface area contributed by atoms with Crippen molar-refractivity contribution < 1.29 is 22.3 Å². The van der Waals surface area contributed by atoms with Gasteiger partial charge in [-0.1, -0.05) is 43.3 Å². The lowest BCUT2D eigenvalue weighted by Gasteiger charge is -2.25. The molecular weight excluding hydrogens is 451 g/mol. The molecule has 9 heteroatoms. The van der Waals surface area contributed by atoms with Crippen LogP contribution in [0.15, 0.2) is 53.5 Å². The Kier molecular flexibility index (Phi) is 6.85. The van der Waals surface area contributed by atoms with Gasteiger partial charge in [-0.3, -0.25) is 4.79 Å². The van der Waals surface area contributed by atoms with Crippen molar-refractivity contribution in [3.8, 4) is 5.75 Å². The number of amides is 1. The highest BCUT2D eigenvalue weighted by molar-refractivity contribution is 8.16. The smallest absolute Gasteiger partial charge is 0.252 e. The van der Waals surface area contributed by atoms with Gasteiger partial charge in [-0.25, -0.2) is 12.8 Å². The van der Waals surface area contributed by atoms with Crippen LogP contribution in [-0.2, 0) is 21.1 Å². The van der Waals surface area contributed by atoms with Gasteiger partial charge >= 0.3 is 0 Å². The largest absolute Gasteiger partial charge is 0.494 e. The Morgan fingerprint density at radius 2 is 2.00 bits per heavy atom. The van der Waals surface area contributed by atoms with E-state index in [0.29, 0.717) is 23.1 Å². The monoisotopic (exact) mass is 476 g/mol. The number of carbonyl (C=O) groups excluding carboxylic acids is 1. The normalized spacial score (nSPS) is 22.8. The fourth-order valence-electron chi connectivity index (χ4n) is 3.85. The van der Waals surface area contributed by atoms with E-state index < -0.39 is 9.84 Å². The van der Waals surface area contributed by atoms with Crippen molar-refractivity contribution in [2.45, 2.75) is 37.5 Å². The van der Waals surface area contributed by atoms with Crippen LogP contribution in [0, 0.1) is 5.82 Å². The molecule has 0 aliphatic carbocycles. The molecule has 2 unspecified atom stereocenters. The van der Waals surface area contributed by atoms with Crippen LogP contribution in [-0.4, -0.2) is 48.9 Å². The summed E-state index contributed by atoms with van der Waals surface area (Å²) >= 11 is 1.33. The molecule has 4 rings (SSSR count). The minimum atomic E-state index is -3.15. The van der Waals surface area contributed by atoms with E-state index >= 15 is 0 Å². The molecule has 2 aliphatic heterocycles. The van der Waals surface area contributed by atoms with E-state index in [9.17, 15) is 17.6 Å². The number of thioether (sulfide) groups is 1. The number of rotatable bonds is 7. The van der Waals surface area contributed by atoms with Crippen LogP contribution in [0.2, 0.25) is 0 Å². The number of halogens is 1. The molecular formula is C23H25FN2O4S2. The number of fused-ring (bicyclic) bond motifs is 1. The topological polar surface area (TPSA) is 76.0 Å². The standard InChI is InChI=1S/C23H25FN2O4S2/c1-2-3-11-30-19-6-4-5-18(13-19)26-20-14-32(28,29)15-21(20)31-23(26)25-22(27)12-16-7-9-17(24)10-8-16/h4-10,13,20-21H,2-3,11-12,14-15H2,1H3. The van der Waals surface area contributed by atoms with Gasteiger partial charge in [0.25, 0.3) is 5.91 Å². The first-order valence-corrected chi connectivity index (χ1v) is 13.3. The maximum atomic E-state index is 13.1. The van der Waals surface area contributed by atoms with Crippen LogP contribution in [0.5, 0.6) is 5.75 Å². The molecule has 0 N–H and O–H groups in total. The first-order valence-electron chi connectivity index (χ1n) is 10.6. The summed E-state index contributed by atoms with van der Waals surface area (Å²) in [5.41, 5.74) is 1.42. The van der Waals surface area contributed by atoms with Crippen LogP contribution < -0.4 is 9.64 Å². The maximum Gasteiger partial charge on any atom is 0.252 e. The summed E-state index contributed by atoms with van der Waals surface area (Å²) in [6.45, 7) is 2.69. The quantitative estimate of drug-likeness (QED) is 0.565. The van der Waals surface area contributed by atoms with Gasteiger partial charge in [0.05, 0.1) is 30.6 Å². The highest BCUT2D eigenvalue weighted by atomic mass is 32.2. The summed E-state index contributed by atoms with van der Waals surface area (Å²) in [6.07, 6.45) is 2.01. The van der Waals surface area contributed by atoms with E-state index in [1.807, 2.05) is 29.2 Å². The van der Waals surface area contributed by atoms with Crippen molar-refractivity contribution in [1.29, 1.82) is 0 Å². The maximum absolute atomic E-state index is 13.1. The van der Waals surface area contributed by atoms with Crippen molar-refractivity contribution in [2.75, 3.05) is 23.0 Å². The van der Waals surface area contributed by atoms with Crippen LogP contribution >= 0.6 is 11.8 Å². The summed E-state index contributed by atoms with van der Waals surface area (Å²) < 4.78 is 43.5. The summed E-state index contributed by atoms with van der Waals surface area (Å²) in [5, 5.41) is 0.315. The SMILES string of the molecule is CCCCOc1cccc(N2C(=NC(=O)Cc3ccc(F)cc3)SC3CS(=O)(=O)CC32)c1. The molecule has 6 nitrogen and oxygen atoms in total. The van der Waals surface area contributed by atoms with Gasteiger partial charge < -0.3 is 9.64 Å². The zero-order valence-electron chi connectivity index (χ0n) is 17.7.